The maximum Gasteiger partial charge on any atom is 0.238 e. The van der Waals surface area contributed by atoms with Crippen LogP contribution in [-0.4, -0.2) is 20.1 Å². The molecule has 1 aromatic carbocycles. The number of sulfonamides is 1. The van der Waals surface area contributed by atoms with Gasteiger partial charge in [0.2, 0.25) is 10.0 Å². The number of primary sulfonamides is 1. The van der Waals surface area contributed by atoms with E-state index < -0.39 is 10.0 Å². The van der Waals surface area contributed by atoms with E-state index in [9.17, 15) is 8.42 Å². The predicted octanol–water partition coefficient (Wildman–Crippen LogP) is 2.20. The van der Waals surface area contributed by atoms with Gasteiger partial charge in [-0.05, 0) is 55.2 Å². The molecule has 0 radical (unpaired) electrons. The van der Waals surface area contributed by atoms with Gasteiger partial charge in [-0.3, -0.25) is 0 Å². The molecule has 0 bridgehead atoms. The van der Waals surface area contributed by atoms with Gasteiger partial charge < -0.3 is 10.6 Å². The molecular formula is C14H21N3O2S2. The molecular weight excluding hydrogens is 306 g/mol. The smallest absolute Gasteiger partial charge is 0.238 e. The first-order valence-electron chi connectivity index (χ1n) is 7.13. The average molecular weight is 327 g/mol. The molecule has 1 aromatic rings. The highest BCUT2D eigenvalue weighted by Gasteiger charge is 2.13. The van der Waals surface area contributed by atoms with Crippen LogP contribution in [0.15, 0.2) is 29.2 Å². The van der Waals surface area contributed by atoms with Crippen LogP contribution in [-0.2, 0) is 10.0 Å². The first kappa shape index (κ1) is 16.2. The molecule has 0 aliphatic heterocycles. The van der Waals surface area contributed by atoms with Crippen molar-refractivity contribution in [3.05, 3.63) is 24.3 Å². The fourth-order valence-electron chi connectivity index (χ4n) is 2.53. The molecule has 1 aliphatic rings. The van der Waals surface area contributed by atoms with Crippen LogP contribution >= 0.6 is 12.2 Å². The summed E-state index contributed by atoms with van der Waals surface area (Å²) in [7, 11) is -3.65. The average Bonchev–Trinajstić information content (AvgIpc) is 2.46. The Bertz CT molecular complexity index is 579. The zero-order valence-electron chi connectivity index (χ0n) is 11.8. The number of anilines is 1. The maximum atomic E-state index is 11.2. The van der Waals surface area contributed by atoms with Crippen molar-refractivity contribution in [2.45, 2.75) is 37.0 Å². The Labute approximate surface area is 131 Å². The van der Waals surface area contributed by atoms with Gasteiger partial charge >= 0.3 is 0 Å². The van der Waals surface area contributed by atoms with E-state index in [1.807, 2.05) is 0 Å². The van der Waals surface area contributed by atoms with Crippen LogP contribution in [0.4, 0.5) is 5.69 Å². The Kier molecular flexibility index (Phi) is 5.55. The summed E-state index contributed by atoms with van der Waals surface area (Å²) in [5.41, 5.74) is 0.739. The van der Waals surface area contributed by atoms with Gasteiger partial charge in [0, 0.05) is 12.2 Å². The van der Waals surface area contributed by atoms with Gasteiger partial charge in [0.05, 0.1) is 4.90 Å². The van der Waals surface area contributed by atoms with Crippen molar-refractivity contribution in [3.63, 3.8) is 0 Å². The summed E-state index contributed by atoms with van der Waals surface area (Å²) in [5, 5.41) is 11.9. The molecule has 5 nitrogen and oxygen atoms in total. The molecule has 4 N–H and O–H groups in total. The lowest BCUT2D eigenvalue weighted by Crippen LogP contribution is -2.33. The summed E-state index contributed by atoms with van der Waals surface area (Å²) in [4.78, 5) is 0.0918. The normalized spacial score (nSPS) is 16.4. The molecule has 0 heterocycles. The van der Waals surface area contributed by atoms with Crippen molar-refractivity contribution in [2.24, 2.45) is 11.1 Å². The Hall–Kier alpha value is -1.18. The summed E-state index contributed by atoms with van der Waals surface area (Å²) < 4.78 is 22.3. The molecule has 0 aromatic heterocycles. The Morgan fingerprint density at radius 3 is 2.38 bits per heavy atom. The lowest BCUT2D eigenvalue weighted by atomic mass is 9.89. The zero-order chi connectivity index (χ0) is 15.3. The van der Waals surface area contributed by atoms with Gasteiger partial charge in [0.1, 0.15) is 0 Å². The van der Waals surface area contributed by atoms with Crippen molar-refractivity contribution in [3.8, 4) is 0 Å². The van der Waals surface area contributed by atoms with Gasteiger partial charge in [-0.2, -0.15) is 0 Å². The highest BCUT2D eigenvalue weighted by molar-refractivity contribution is 7.89. The van der Waals surface area contributed by atoms with E-state index >= 15 is 0 Å². The van der Waals surface area contributed by atoms with E-state index in [1.54, 1.807) is 12.1 Å². The third kappa shape index (κ3) is 5.26. The number of nitrogens with two attached hydrogens (primary N) is 1. The minimum absolute atomic E-state index is 0.0918. The number of rotatable bonds is 4. The molecule has 0 saturated heterocycles. The molecule has 1 saturated carbocycles. The highest BCUT2D eigenvalue weighted by Crippen LogP contribution is 2.22. The number of nitrogens with one attached hydrogen (secondary N) is 2. The van der Waals surface area contributed by atoms with Gasteiger partial charge in [0.15, 0.2) is 5.11 Å². The van der Waals surface area contributed by atoms with Gasteiger partial charge in [-0.25, -0.2) is 13.6 Å². The van der Waals surface area contributed by atoms with E-state index in [-0.39, 0.29) is 4.90 Å². The molecule has 116 valence electrons. The Balaban J connectivity index is 1.82. The second kappa shape index (κ2) is 7.20. The monoisotopic (exact) mass is 327 g/mol. The standard InChI is InChI=1S/C14H21N3O2S2/c15-21(18,19)13-8-6-12(7-9-13)17-14(20)16-10-11-4-2-1-3-5-11/h6-9,11H,1-5,10H2,(H2,15,18,19)(H2,16,17,20). The van der Waals surface area contributed by atoms with Gasteiger partial charge in [0.25, 0.3) is 0 Å². The largest absolute Gasteiger partial charge is 0.362 e. The number of thiocarbonyl (C=S) groups is 1. The highest BCUT2D eigenvalue weighted by atomic mass is 32.2. The number of benzene rings is 1. The molecule has 7 heteroatoms. The van der Waals surface area contributed by atoms with Crippen LogP contribution in [0.2, 0.25) is 0 Å². The first-order valence-corrected chi connectivity index (χ1v) is 9.08. The molecule has 1 aliphatic carbocycles. The summed E-state index contributed by atoms with van der Waals surface area (Å²) in [6.45, 7) is 0.890. The van der Waals surface area contributed by atoms with E-state index in [0.29, 0.717) is 11.0 Å². The van der Waals surface area contributed by atoms with Crippen LogP contribution in [0.1, 0.15) is 32.1 Å². The number of hydrogen-bond acceptors (Lipinski definition) is 3. The summed E-state index contributed by atoms with van der Waals surface area (Å²) in [5.74, 6) is 0.697. The van der Waals surface area contributed by atoms with Crippen LogP contribution in [0, 0.1) is 5.92 Å². The van der Waals surface area contributed by atoms with E-state index in [2.05, 4.69) is 10.6 Å². The summed E-state index contributed by atoms with van der Waals surface area (Å²) in [6.07, 6.45) is 6.48. The van der Waals surface area contributed by atoms with E-state index in [1.165, 1.54) is 44.2 Å². The van der Waals surface area contributed by atoms with Crippen molar-refractivity contribution in [2.75, 3.05) is 11.9 Å². The topological polar surface area (TPSA) is 84.2 Å². The van der Waals surface area contributed by atoms with Crippen molar-refractivity contribution in [1.82, 2.24) is 5.32 Å². The molecule has 0 amide bonds. The molecule has 2 rings (SSSR count). The van der Waals surface area contributed by atoms with E-state index in [0.717, 1.165) is 12.2 Å². The van der Waals surface area contributed by atoms with Crippen molar-refractivity contribution >= 4 is 33.0 Å². The fourth-order valence-corrected chi connectivity index (χ4v) is 3.25. The SMILES string of the molecule is NS(=O)(=O)c1ccc(NC(=S)NCC2CCCCC2)cc1. The van der Waals surface area contributed by atoms with E-state index in [4.69, 9.17) is 17.4 Å². The number of hydrogen-bond donors (Lipinski definition) is 3. The summed E-state index contributed by atoms with van der Waals surface area (Å²) >= 11 is 5.25. The first-order chi connectivity index (χ1) is 9.95. The van der Waals surface area contributed by atoms with Gasteiger partial charge in [-0.1, -0.05) is 19.3 Å². The summed E-state index contributed by atoms with van der Waals surface area (Å²) in [6, 6.07) is 6.21. The predicted molar refractivity (Wildman–Crippen MR) is 88.6 cm³/mol. The maximum absolute atomic E-state index is 11.2. The lowest BCUT2D eigenvalue weighted by Gasteiger charge is -2.22. The molecule has 0 atom stereocenters. The fraction of sp³-hybridized carbons (Fsp3) is 0.500. The minimum Gasteiger partial charge on any atom is -0.362 e. The van der Waals surface area contributed by atoms with Crippen molar-refractivity contribution < 1.29 is 8.42 Å². The van der Waals surface area contributed by atoms with Crippen molar-refractivity contribution in [1.29, 1.82) is 0 Å². The molecule has 1 fully saturated rings. The Morgan fingerprint density at radius 2 is 1.81 bits per heavy atom. The molecule has 0 spiro atoms. The van der Waals surface area contributed by atoms with Crippen LogP contribution in [0.25, 0.3) is 0 Å². The van der Waals surface area contributed by atoms with Gasteiger partial charge in [-0.15, -0.1) is 0 Å². The molecule has 0 unspecified atom stereocenters. The third-order valence-electron chi connectivity index (χ3n) is 3.72. The quantitative estimate of drug-likeness (QED) is 0.738. The lowest BCUT2D eigenvalue weighted by molar-refractivity contribution is 0.357. The van der Waals surface area contributed by atoms with Crippen LogP contribution in [0.3, 0.4) is 0 Å². The Morgan fingerprint density at radius 1 is 1.19 bits per heavy atom. The van der Waals surface area contributed by atoms with Crippen LogP contribution < -0.4 is 15.8 Å². The minimum atomic E-state index is -3.65. The molecule has 21 heavy (non-hydrogen) atoms. The second-order valence-corrected chi connectivity index (χ2v) is 7.38. The second-order valence-electron chi connectivity index (χ2n) is 5.41. The van der Waals surface area contributed by atoms with Crippen LogP contribution in [0.5, 0.6) is 0 Å². The zero-order valence-corrected chi connectivity index (χ0v) is 13.5. The third-order valence-corrected chi connectivity index (χ3v) is 4.89.